The maximum atomic E-state index is 13.1. The zero-order chi connectivity index (χ0) is 25.2. The number of hydrogen-bond donors (Lipinski definition) is 2. The van der Waals surface area contributed by atoms with E-state index in [4.69, 9.17) is 4.74 Å². The Morgan fingerprint density at radius 3 is 2.31 bits per heavy atom. The average molecular weight is 481 g/mol. The lowest BCUT2D eigenvalue weighted by Gasteiger charge is -2.13. The zero-order valence-electron chi connectivity index (χ0n) is 20.8. The molecule has 0 saturated heterocycles. The molecular formula is C30H32N4O2. The third kappa shape index (κ3) is 7.17. The summed E-state index contributed by atoms with van der Waals surface area (Å²) in [6.45, 7) is 2.27. The molecule has 36 heavy (non-hydrogen) atoms. The van der Waals surface area contributed by atoms with Crippen LogP contribution in [0.1, 0.15) is 16.1 Å². The second-order valence-corrected chi connectivity index (χ2v) is 8.75. The van der Waals surface area contributed by atoms with Gasteiger partial charge in [0.05, 0.1) is 0 Å². The van der Waals surface area contributed by atoms with E-state index >= 15 is 0 Å². The van der Waals surface area contributed by atoms with Crippen molar-refractivity contribution in [2.75, 3.05) is 44.4 Å². The molecule has 0 saturated carbocycles. The van der Waals surface area contributed by atoms with Crippen molar-refractivity contribution < 1.29 is 9.53 Å². The number of carbonyl (C=O) groups excluding carboxylic acids is 1. The molecule has 6 nitrogen and oxygen atoms in total. The van der Waals surface area contributed by atoms with E-state index in [9.17, 15) is 4.79 Å². The zero-order valence-corrected chi connectivity index (χ0v) is 20.8. The third-order valence-electron chi connectivity index (χ3n) is 5.72. The summed E-state index contributed by atoms with van der Waals surface area (Å²) in [7, 11) is 4.04. The van der Waals surface area contributed by atoms with Gasteiger partial charge < -0.3 is 20.3 Å². The Morgan fingerprint density at radius 2 is 1.58 bits per heavy atom. The highest BCUT2D eigenvalue weighted by molar-refractivity contribution is 6.08. The van der Waals surface area contributed by atoms with E-state index in [-0.39, 0.29) is 5.91 Å². The average Bonchev–Trinajstić information content (AvgIpc) is 2.90. The van der Waals surface area contributed by atoms with Crippen LogP contribution in [0.25, 0.3) is 11.1 Å². The van der Waals surface area contributed by atoms with Crippen molar-refractivity contribution in [2.24, 2.45) is 0 Å². The van der Waals surface area contributed by atoms with Crippen LogP contribution < -0.4 is 15.4 Å². The summed E-state index contributed by atoms with van der Waals surface area (Å²) in [5.41, 5.74) is 5.26. The number of rotatable bonds is 11. The van der Waals surface area contributed by atoms with Crippen LogP contribution >= 0.6 is 0 Å². The first kappa shape index (κ1) is 24.9. The Hall–Kier alpha value is -4.16. The number of anilines is 2. The van der Waals surface area contributed by atoms with Crippen LogP contribution in [0.3, 0.4) is 0 Å². The lowest BCUT2D eigenvalue weighted by atomic mass is 9.99. The lowest BCUT2D eigenvalue weighted by Crippen LogP contribution is -2.19. The van der Waals surface area contributed by atoms with E-state index in [1.165, 1.54) is 0 Å². The molecule has 2 N–H and O–H groups in total. The van der Waals surface area contributed by atoms with Crippen molar-refractivity contribution in [1.29, 1.82) is 0 Å². The number of hydrogen-bond acceptors (Lipinski definition) is 5. The fraction of sp³-hybridized carbons (Fsp3) is 0.200. The van der Waals surface area contributed by atoms with Crippen LogP contribution in [0.15, 0.2) is 97.2 Å². The lowest BCUT2D eigenvalue weighted by molar-refractivity contribution is 0.102. The van der Waals surface area contributed by atoms with Crippen LogP contribution in [-0.4, -0.2) is 49.6 Å². The number of amides is 1. The second kappa shape index (κ2) is 12.5. The van der Waals surface area contributed by atoms with E-state index in [2.05, 4.69) is 20.5 Å². The Morgan fingerprint density at radius 1 is 0.861 bits per heavy atom. The van der Waals surface area contributed by atoms with E-state index in [1.54, 1.807) is 0 Å². The van der Waals surface area contributed by atoms with Gasteiger partial charge in [-0.05, 0) is 79.8 Å². The van der Waals surface area contributed by atoms with Crippen LogP contribution in [0, 0.1) is 0 Å². The van der Waals surface area contributed by atoms with Crippen molar-refractivity contribution in [1.82, 2.24) is 9.88 Å². The number of carbonyl (C=O) groups is 1. The highest BCUT2D eigenvalue weighted by Gasteiger charge is 2.13. The van der Waals surface area contributed by atoms with Gasteiger partial charge in [0, 0.05) is 48.3 Å². The van der Waals surface area contributed by atoms with Crippen molar-refractivity contribution in [3.8, 4) is 16.9 Å². The van der Waals surface area contributed by atoms with E-state index in [1.807, 2.05) is 111 Å². The first-order valence-corrected chi connectivity index (χ1v) is 12.1. The van der Waals surface area contributed by atoms with Crippen molar-refractivity contribution >= 4 is 17.3 Å². The van der Waals surface area contributed by atoms with Crippen molar-refractivity contribution in [3.05, 3.63) is 108 Å². The molecular weight excluding hydrogens is 448 g/mol. The predicted molar refractivity (Wildman–Crippen MR) is 147 cm³/mol. The molecule has 0 spiro atoms. The van der Waals surface area contributed by atoms with Gasteiger partial charge in [0.2, 0.25) is 0 Å². The fourth-order valence-corrected chi connectivity index (χ4v) is 3.76. The maximum absolute atomic E-state index is 13.1. The van der Waals surface area contributed by atoms with Gasteiger partial charge in [0.25, 0.3) is 5.91 Å². The molecule has 0 fully saturated rings. The third-order valence-corrected chi connectivity index (χ3v) is 5.72. The smallest absolute Gasteiger partial charge is 0.256 e. The summed E-state index contributed by atoms with van der Waals surface area (Å²) >= 11 is 0. The number of nitrogens with zero attached hydrogens (tertiary/aromatic N) is 2. The van der Waals surface area contributed by atoms with Crippen LogP contribution in [-0.2, 0) is 6.42 Å². The number of ether oxygens (including phenoxy) is 1. The number of benzene rings is 3. The van der Waals surface area contributed by atoms with Gasteiger partial charge in [0.15, 0.2) is 0 Å². The SMILES string of the molecule is CN(C)CCOc1ccc(-c2ccccc2C(=O)Nc2ccc(NCCc3ccccn3)cc2)cc1. The molecule has 1 heterocycles. The van der Waals surface area contributed by atoms with Crippen LogP contribution in [0.4, 0.5) is 11.4 Å². The highest BCUT2D eigenvalue weighted by Crippen LogP contribution is 2.27. The minimum Gasteiger partial charge on any atom is -0.492 e. The summed E-state index contributed by atoms with van der Waals surface area (Å²) in [5, 5.41) is 6.41. The van der Waals surface area contributed by atoms with Crippen molar-refractivity contribution in [3.63, 3.8) is 0 Å². The van der Waals surface area contributed by atoms with Gasteiger partial charge in [0.1, 0.15) is 12.4 Å². The van der Waals surface area contributed by atoms with Gasteiger partial charge in [-0.15, -0.1) is 0 Å². The first-order chi connectivity index (χ1) is 17.6. The molecule has 1 aromatic heterocycles. The Labute approximate surface area is 213 Å². The predicted octanol–water partition coefficient (Wildman–Crippen LogP) is 5.60. The normalized spacial score (nSPS) is 10.8. The number of pyridine rings is 1. The molecule has 0 aliphatic rings. The van der Waals surface area contributed by atoms with Gasteiger partial charge in [-0.1, -0.05) is 36.4 Å². The van der Waals surface area contributed by atoms with Crippen LogP contribution in [0.2, 0.25) is 0 Å². The minimum absolute atomic E-state index is 0.146. The van der Waals surface area contributed by atoms with Gasteiger partial charge in [-0.25, -0.2) is 0 Å². The Kier molecular flexibility index (Phi) is 8.67. The molecule has 4 aromatic rings. The molecule has 0 radical (unpaired) electrons. The summed E-state index contributed by atoms with van der Waals surface area (Å²) in [6, 6.07) is 29.2. The monoisotopic (exact) mass is 480 g/mol. The standard InChI is InChI=1S/C30H32N4O2/c1-34(2)21-22-36-27-16-10-23(11-17-27)28-8-3-4-9-29(28)30(35)33-26-14-12-25(13-15-26)32-20-18-24-7-5-6-19-31-24/h3-17,19,32H,18,20-22H2,1-2H3,(H,33,35). The van der Waals surface area contributed by atoms with Crippen molar-refractivity contribution in [2.45, 2.75) is 6.42 Å². The quantitative estimate of drug-likeness (QED) is 0.293. The molecule has 0 bridgehead atoms. The fourth-order valence-electron chi connectivity index (χ4n) is 3.76. The summed E-state index contributed by atoms with van der Waals surface area (Å²) in [4.78, 5) is 19.6. The van der Waals surface area contributed by atoms with E-state index in [0.29, 0.717) is 12.2 Å². The van der Waals surface area contributed by atoms with Gasteiger partial charge >= 0.3 is 0 Å². The maximum Gasteiger partial charge on any atom is 0.256 e. The molecule has 1 amide bonds. The number of nitrogens with one attached hydrogen (secondary N) is 2. The first-order valence-electron chi connectivity index (χ1n) is 12.1. The number of likely N-dealkylation sites (N-methyl/N-ethyl adjacent to an activating group) is 1. The van der Waals surface area contributed by atoms with Gasteiger partial charge in [-0.2, -0.15) is 0 Å². The second-order valence-electron chi connectivity index (χ2n) is 8.75. The van der Waals surface area contributed by atoms with E-state index < -0.39 is 0 Å². The molecule has 0 atom stereocenters. The largest absolute Gasteiger partial charge is 0.492 e. The molecule has 4 rings (SSSR count). The van der Waals surface area contributed by atoms with Crippen LogP contribution in [0.5, 0.6) is 5.75 Å². The summed E-state index contributed by atoms with van der Waals surface area (Å²) in [6.07, 6.45) is 2.65. The molecule has 3 aromatic carbocycles. The summed E-state index contributed by atoms with van der Waals surface area (Å²) < 4.78 is 5.79. The Balaban J connectivity index is 1.36. The molecule has 0 aliphatic heterocycles. The highest BCUT2D eigenvalue weighted by atomic mass is 16.5. The topological polar surface area (TPSA) is 66.5 Å². The number of aromatic nitrogens is 1. The Bertz CT molecular complexity index is 1240. The molecule has 6 heteroatoms. The summed E-state index contributed by atoms with van der Waals surface area (Å²) in [5.74, 6) is 0.670. The van der Waals surface area contributed by atoms with Gasteiger partial charge in [-0.3, -0.25) is 9.78 Å². The molecule has 0 aliphatic carbocycles. The molecule has 0 unspecified atom stereocenters. The minimum atomic E-state index is -0.146. The molecule has 184 valence electrons. The van der Waals surface area contributed by atoms with E-state index in [0.717, 1.165) is 53.5 Å².